The molecule has 1 aromatic heterocycles. The molecule has 1 saturated carbocycles. The van der Waals surface area contributed by atoms with E-state index >= 15 is 0 Å². The quantitative estimate of drug-likeness (QED) is 0.756. The normalized spacial score (nSPS) is 33.3. The van der Waals surface area contributed by atoms with E-state index in [1.165, 1.54) is 17.5 Å². The zero-order valence-corrected chi connectivity index (χ0v) is 14.1. The Hall–Kier alpha value is -2.04. The molecule has 5 nitrogen and oxygen atoms in total. The molecule has 1 unspecified atom stereocenters. The predicted molar refractivity (Wildman–Crippen MR) is 86.8 cm³/mol. The molecule has 5 rings (SSSR count). The Bertz CT molecular complexity index is 815. The Morgan fingerprint density at radius 2 is 2.25 bits per heavy atom. The number of hydrogen-bond acceptors (Lipinski definition) is 4. The summed E-state index contributed by atoms with van der Waals surface area (Å²) >= 11 is 0. The average molecular weight is 326 g/mol. The molecule has 5 heteroatoms. The van der Waals surface area contributed by atoms with Gasteiger partial charge in [0.25, 0.3) is 0 Å². The van der Waals surface area contributed by atoms with E-state index in [-0.39, 0.29) is 5.41 Å². The summed E-state index contributed by atoms with van der Waals surface area (Å²) in [5, 5.41) is 16.1. The van der Waals surface area contributed by atoms with Crippen LogP contribution in [0.15, 0.2) is 22.8 Å². The van der Waals surface area contributed by atoms with Crippen molar-refractivity contribution in [1.82, 2.24) is 5.16 Å². The highest BCUT2D eigenvalue weighted by Gasteiger charge is 2.58. The maximum absolute atomic E-state index is 12.1. The van der Waals surface area contributed by atoms with Crippen LogP contribution in [0.1, 0.15) is 54.6 Å². The van der Waals surface area contributed by atoms with Crippen LogP contribution in [0.4, 0.5) is 0 Å². The van der Waals surface area contributed by atoms with Crippen molar-refractivity contribution >= 4 is 0 Å². The van der Waals surface area contributed by atoms with Gasteiger partial charge in [0, 0.05) is 17.0 Å². The second-order valence-corrected chi connectivity index (χ2v) is 7.87. The Morgan fingerprint density at radius 1 is 1.38 bits per heavy atom. The summed E-state index contributed by atoms with van der Waals surface area (Å²) in [6.45, 7) is 2.24. The van der Waals surface area contributed by atoms with E-state index in [0.29, 0.717) is 22.7 Å². The lowest BCUT2D eigenvalue weighted by Crippen LogP contribution is -2.47. The van der Waals surface area contributed by atoms with Gasteiger partial charge < -0.3 is 9.94 Å². The maximum Gasteiger partial charge on any atom is 0.222 e. The van der Waals surface area contributed by atoms with E-state index in [0.717, 1.165) is 42.8 Å². The van der Waals surface area contributed by atoms with Crippen molar-refractivity contribution in [2.75, 3.05) is 7.11 Å². The monoisotopic (exact) mass is 326 g/mol. The number of aryl methyl sites for hydroxylation is 1. The van der Waals surface area contributed by atoms with Crippen LogP contribution in [-0.4, -0.2) is 12.3 Å². The zero-order valence-electron chi connectivity index (χ0n) is 14.1. The third-order valence-corrected chi connectivity index (χ3v) is 6.96. The van der Waals surface area contributed by atoms with Crippen molar-refractivity contribution in [2.45, 2.75) is 50.4 Å². The highest BCUT2D eigenvalue weighted by atomic mass is 16.8. The summed E-state index contributed by atoms with van der Waals surface area (Å²) in [6, 6.07) is 6.55. The molecule has 1 fully saturated rings. The van der Waals surface area contributed by atoms with Gasteiger partial charge in [-0.2, -0.15) is 0 Å². The fourth-order valence-corrected chi connectivity index (χ4v) is 5.83. The molecule has 3 aliphatic carbocycles. The van der Waals surface area contributed by atoms with Crippen molar-refractivity contribution in [3.63, 3.8) is 0 Å². The van der Waals surface area contributed by atoms with Gasteiger partial charge >= 0.3 is 0 Å². The molecule has 126 valence electrons. The van der Waals surface area contributed by atoms with Crippen molar-refractivity contribution in [1.29, 1.82) is 0 Å². The number of benzene rings is 1. The van der Waals surface area contributed by atoms with Gasteiger partial charge in [-0.1, -0.05) is 13.0 Å². The van der Waals surface area contributed by atoms with Crippen LogP contribution in [0.3, 0.4) is 0 Å². The molecule has 0 spiro atoms. The first-order valence-electron chi connectivity index (χ1n) is 8.87. The third kappa shape index (κ3) is 1.70. The SMILES string of the molecule is COc1ccc2c(c1)CC[C@@H]1C2CC[C@]2(C)c3c(no[n+]3[O-])C[C@@H]12. The Morgan fingerprint density at radius 3 is 3.08 bits per heavy atom. The topological polar surface area (TPSA) is 62.2 Å². The molecule has 1 aromatic carbocycles. The molecule has 0 radical (unpaired) electrons. The fraction of sp³-hybridized carbons (Fsp3) is 0.579. The first-order valence-corrected chi connectivity index (χ1v) is 8.87. The van der Waals surface area contributed by atoms with Gasteiger partial charge in [0.1, 0.15) is 5.75 Å². The minimum Gasteiger partial charge on any atom is -0.497 e. The molecule has 1 heterocycles. The second kappa shape index (κ2) is 4.74. The number of hydrogen-bond donors (Lipinski definition) is 0. The van der Waals surface area contributed by atoms with Gasteiger partial charge in [0.05, 0.1) is 7.11 Å². The molecular formula is C19H22N2O3. The van der Waals surface area contributed by atoms with Gasteiger partial charge in [-0.25, -0.2) is 0 Å². The lowest BCUT2D eigenvalue weighted by Gasteiger charge is -2.48. The molecule has 0 aliphatic heterocycles. The zero-order chi connectivity index (χ0) is 16.5. The first-order chi connectivity index (χ1) is 11.6. The summed E-state index contributed by atoms with van der Waals surface area (Å²) in [4.78, 5) is 0.664. The molecule has 0 amide bonds. The highest BCUT2D eigenvalue weighted by Crippen LogP contribution is 2.59. The standard InChI is InChI=1S/C19H22N2O3/c1-19-8-7-14-13-6-4-12(23-2)9-11(13)3-5-15(14)16(19)10-17-18(19)21(22)24-20-17/h4,6,9,14-16H,3,5,7-8,10H2,1-2H3/t14?,15-,16+,19+/m1/s1. The van der Waals surface area contributed by atoms with Crippen LogP contribution < -0.4 is 9.64 Å². The number of fused-ring (bicyclic) bond motifs is 7. The molecular weight excluding hydrogens is 304 g/mol. The predicted octanol–water partition coefficient (Wildman–Crippen LogP) is 2.89. The summed E-state index contributed by atoms with van der Waals surface area (Å²) in [7, 11) is 1.73. The third-order valence-electron chi connectivity index (χ3n) is 6.96. The van der Waals surface area contributed by atoms with Gasteiger partial charge in [-0.05, 0) is 71.6 Å². The number of nitrogens with zero attached hydrogens (tertiary/aromatic N) is 2. The largest absolute Gasteiger partial charge is 0.497 e. The van der Waals surface area contributed by atoms with Crippen molar-refractivity contribution in [2.24, 2.45) is 11.8 Å². The minimum absolute atomic E-state index is 0.0811. The molecule has 2 aromatic rings. The van der Waals surface area contributed by atoms with E-state index in [2.05, 4.69) is 30.3 Å². The smallest absolute Gasteiger partial charge is 0.222 e. The number of methoxy groups -OCH3 is 1. The van der Waals surface area contributed by atoms with Crippen LogP contribution in [0.5, 0.6) is 5.75 Å². The average Bonchev–Trinajstić information content (AvgIpc) is 3.11. The molecule has 24 heavy (non-hydrogen) atoms. The second-order valence-electron chi connectivity index (χ2n) is 7.87. The summed E-state index contributed by atoms with van der Waals surface area (Å²) in [6.07, 6.45) is 5.32. The molecule has 3 aliphatic rings. The van der Waals surface area contributed by atoms with Gasteiger partial charge in [-0.3, -0.25) is 4.63 Å². The summed E-state index contributed by atoms with van der Waals surface area (Å²) in [5.41, 5.74) is 4.54. The summed E-state index contributed by atoms with van der Waals surface area (Å²) in [5.74, 6) is 2.67. The van der Waals surface area contributed by atoms with Gasteiger partial charge in [0.15, 0.2) is 0 Å². The first kappa shape index (κ1) is 14.3. The molecule has 0 saturated heterocycles. The van der Waals surface area contributed by atoms with Crippen molar-refractivity contribution in [3.05, 3.63) is 45.9 Å². The van der Waals surface area contributed by atoms with Crippen molar-refractivity contribution < 1.29 is 14.3 Å². The Kier molecular flexibility index (Phi) is 2.83. The molecule has 0 bridgehead atoms. The van der Waals surface area contributed by atoms with Gasteiger partial charge in [0.2, 0.25) is 11.4 Å². The van der Waals surface area contributed by atoms with Crippen LogP contribution in [0.2, 0.25) is 0 Å². The number of ether oxygens (including phenoxy) is 1. The van der Waals surface area contributed by atoms with Crippen molar-refractivity contribution in [3.8, 4) is 5.75 Å². The van der Waals surface area contributed by atoms with E-state index in [1.807, 2.05) is 0 Å². The Balaban J connectivity index is 1.54. The van der Waals surface area contributed by atoms with Crippen LogP contribution >= 0.6 is 0 Å². The maximum atomic E-state index is 12.1. The van der Waals surface area contributed by atoms with E-state index < -0.39 is 0 Å². The van der Waals surface area contributed by atoms with E-state index in [4.69, 9.17) is 9.37 Å². The van der Waals surface area contributed by atoms with Gasteiger partial charge in [-0.15, -0.1) is 0 Å². The van der Waals surface area contributed by atoms with E-state index in [1.54, 1.807) is 7.11 Å². The highest BCUT2D eigenvalue weighted by molar-refractivity contribution is 5.42. The number of rotatable bonds is 1. The lowest BCUT2D eigenvalue weighted by molar-refractivity contribution is -0.810. The van der Waals surface area contributed by atoms with E-state index in [9.17, 15) is 5.21 Å². The minimum atomic E-state index is -0.0811. The lowest BCUT2D eigenvalue weighted by atomic mass is 9.55. The summed E-state index contributed by atoms with van der Waals surface area (Å²) < 4.78 is 10.3. The molecule has 0 N–H and O–H groups in total. The number of aromatic nitrogens is 2. The van der Waals surface area contributed by atoms with Crippen LogP contribution in [0.25, 0.3) is 0 Å². The molecule has 4 atom stereocenters. The van der Waals surface area contributed by atoms with Crippen LogP contribution in [0, 0.1) is 17.0 Å². The van der Waals surface area contributed by atoms with Crippen LogP contribution in [-0.2, 0) is 18.3 Å². The Labute approximate surface area is 141 Å². The fourth-order valence-electron chi connectivity index (χ4n) is 5.83.